The Labute approximate surface area is 155 Å². The third kappa shape index (κ3) is 4.30. The molecule has 132 valence electrons. The minimum Gasteiger partial charge on any atom is -0.219 e. The van der Waals surface area contributed by atoms with Gasteiger partial charge in [0.2, 0.25) is 9.84 Å². The molecular weight excluding hydrogens is 340 g/mol. The quantitative estimate of drug-likeness (QED) is 0.565. The van der Waals surface area contributed by atoms with Crippen LogP contribution in [0.2, 0.25) is 0 Å². The largest absolute Gasteiger partial charge is 0.219 e. The average Bonchev–Trinajstić information content (AvgIpc) is 2.69. The Kier molecular flexibility index (Phi) is 5.69. The highest BCUT2D eigenvalue weighted by Crippen LogP contribution is 2.31. The zero-order chi connectivity index (χ0) is 18.4. The molecule has 0 bridgehead atoms. The van der Waals surface area contributed by atoms with Crippen LogP contribution in [0.5, 0.6) is 0 Å². The van der Waals surface area contributed by atoms with E-state index in [0.717, 1.165) is 12.0 Å². The van der Waals surface area contributed by atoms with Crippen molar-refractivity contribution in [3.05, 3.63) is 114 Å². The van der Waals surface area contributed by atoms with Gasteiger partial charge in [0, 0.05) is 4.91 Å². The van der Waals surface area contributed by atoms with Crippen LogP contribution >= 0.6 is 0 Å². The topological polar surface area (TPSA) is 34.1 Å². The van der Waals surface area contributed by atoms with Gasteiger partial charge in [-0.25, -0.2) is 8.42 Å². The van der Waals surface area contributed by atoms with E-state index < -0.39 is 9.84 Å². The van der Waals surface area contributed by atoms with Crippen LogP contribution in [-0.4, -0.2) is 8.42 Å². The Morgan fingerprint density at radius 3 is 1.85 bits per heavy atom. The molecule has 0 fully saturated rings. The molecule has 0 N–H and O–H groups in total. The van der Waals surface area contributed by atoms with Gasteiger partial charge in [-0.05, 0) is 42.0 Å². The lowest BCUT2D eigenvalue weighted by Gasteiger charge is -2.19. The number of benzene rings is 3. The number of hydrogen-bond donors (Lipinski definition) is 0. The van der Waals surface area contributed by atoms with Crippen molar-refractivity contribution in [3.8, 4) is 0 Å². The molecule has 26 heavy (non-hydrogen) atoms. The minimum absolute atomic E-state index is 0.0598. The summed E-state index contributed by atoms with van der Waals surface area (Å²) >= 11 is 0. The monoisotopic (exact) mass is 362 g/mol. The van der Waals surface area contributed by atoms with Crippen LogP contribution in [0, 0.1) is 0 Å². The van der Waals surface area contributed by atoms with Gasteiger partial charge < -0.3 is 0 Å². The predicted octanol–water partition coefficient (Wildman–Crippen LogP) is 5.39. The van der Waals surface area contributed by atoms with Crippen molar-refractivity contribution >= 4 is 9.84 Å². The van der Waals surface area contributed by atoms with Crippen LogP contribution in [0.1, 0.15) is 23.5 Å². The maximum absolute atomic E-state index is 12.9. The van der Waals surface area contributed by atoms with Crippen molar-refractivity contribution < 1.29 is 8.42 Å². The van der Waals surface area contributed by atoms with Crippen molar-refractivity contribution in [1.29, 1.82) is 0 Å². The molecule has 0 aliphatic rings. The molecule has 0 aromatic heterocycles. The standard InChI is InChI=1S/C23H22O2S/c1-19(26(24,25)23-15-9-4-10-16-23)17-22(21-13-7-3-8-14-21)18-20-11-5-2-6-12-20/h2-16,22H,1,17-18H2. The normalized spacial score (nSPS) is 12.5. The number of sulfone groups is 1. The maximum atomic E-state index is 12.9. The first-order chi connectivity index (χ1) is 12.6. The van der Waals surface area contributed by atoms with Crippen LogP contribution in [0.15, 0.2) is 107 Å². The van der Waals surface area contributed by atoms with E-state index in [1.165, 1.54) is 5.56 Å². The molecule has 3 aromatic carbocycles. The lowest BCUT2D eigenvalue weighted by molar-refractivity contribution is 0.595. The van der Waals surface area contributed by atoms with Crippen molar-refractivity contribution in [1.82, 2.24) is 0 Å². The maximum Gasteiger partial charge on any atom is 0.202 e. The average molecular weight is 362 g/mol. The first kappa shape index (κ1) is 18.2. The Morgan fingerprint density at radius 1 is 0.769 bits per heavy atom. The zero-order valence-corrected chi connectivity index (χ0v) is 15.4. The Morgan fingerprint density at radius 2 is 1.27 bits per heavy atom. The number of allylic oxidation sites excluding steroid dienone is 1. The lowest BCUT2D eigenvalue weighted by Crippen LogP contribution is -2.10. The highest BCUT2D eigenvalue weighted by molar-refractivity contribution is 7.95. The molecule has 1 atom stereocenters. The second kappa shape index (κ2) is 8.15. The minimum atomic E-state index is -3.53. The summed E-state index contributed by atoms with van der Waals surface area (Å²) in [5.74, 6) is 0.0598. The molecule has 1 unspecified atom stereocenters. The molecule has 0 aliphatic carbocycles. The van der Waals surface area contributed by atoms with Crippen LogP contribution in [0.25, 0.3) is 0 Å². The van der Waals surface area contributed by atoms with E-state index in [0.29, 0.717) is 11.3 Å². The van der Waals surface area contributed by atoms with E-state index in [4.69, 9.17) is 0 Å². The van der Waals surface area contributed by atoms with Crippen LogP contribution < -0.4 is 0 Å². The summed E-state index contributed by atoms with van der Waals surface area (Å²) in [5.41, 5.74) is 2.31. The molecule has 0 spiro atoms. The van der Waals surface area contributed by atoms with E-state index in [2.05, 4.69) is 30.8 Å². The van der Waals surface area contributed by atoms with Gasteiger partial charge >= 0.3 is 0 Å². The van der Waals surface area contributed by atoms with Crippen molar-refractivity contribution in [2.45, 2.75) is 23.7 Å². The highest BCUT2D eigenvalue weighted by atomic mass is 32.2. The van der Waals surface area contributed by atoms with Crippen LogP contribution in [0.4, 0.5) is 0 Å². The summed E-state index contributed by atoms with van der Waals surface area (Å²) in [5, 5.41) is 0. The summed E-state index contributed by atoms with van der Waals surface area (Å²) in [6.45, 7) is 3.92. The fourth-order valence-corrected chi connectivity index (χ4v) is 4.35. The molecule has 0 aliphatic heterocycles. The van der Waals surface area contributed by atoms with E-state index in [1.807, 2.05) is 42.5 Å². The summed E-state index contributed by atoms with van der Waals surface area (Å²) in [4.78, 5) is 0.560. The molecule has 3 aromatic rings. The molecule has 0 amide bonds. The van der Waals surface area contributed by atoms with Crippen molar-refractivity contribution in [3.63, 3.8) is 0 Å². The first-order valence-electron chi connectivity index (χ1n) is 8.64. The van der Waals surface area contributed by atoms with Crippen molar-refractivity contribution in [2.24, 2.45) is 0 Å². The summed E-state index contributed by atoms with van der Waals surface area (Å²) < 4.78 is 25.7. The van der Waals surface area contributed by atoms with Gasteiger partial charge in [0.25, 0.3) is 0 Å². The summed E-state index contributed by atoms with van der Waals surface area (Å²) in [6.07, 6.45) is 1.17. The fraction of sp³-hybridized carbons (Fsp3) is 0.130. The molecule has 2 nitrogen and oxygen atoms in total. The highest BCUT2D eigenvalue weighted by Gasteiger charge is 2.23. The van der Waals surface area contributed by atoms with Gasteiger partial charge in [0.15, 0.2) is 0 Å². The van der Waals surface area contributed by atoms with Gasteiger partial charge in [-0.3, -0.25) is 0 Å². The van der Waals surface area contributed by atoms with E-state index >= 15 is 0 Å². The zero-order valence-electron chi connectivity index (χ0n) is 14.6. The number of rotatable bonds is 7. The predicted molar refractivity (Wildman–Crippen MR) is 107 cm³/mol. The number of hydrogen-bond acceptors (Lipinski definition) is 2. The Hall–Kier alpha value is -2.65. The SMILES string of the molecule is C=C(CC(Cc1ccccc1)c1ccccc1)S(=O)(=O)c1ccccc1. The molecule has 0 heterocycles. The summed E-state index contributed by atoms with van der Waals surface area (Å²) in [6, 6.07) is 28.7. The van der Waals surface area contributed by atoms with E-state index in [1.54, 1.807) is 24.3 Å². The molecule has 0 saturated carbocycles. The molecule has 3 heteroatoms. The van der Waals surface area contributed by atoms with Crippen LogP contribution in [-0.2, 0) is 16.3 Å². The van der Waals surface area contributed by atoms with Gasteiger partial charge in [-0.2, -0.15) is 0 Å². The lowest BCUT2D eigenvalue weighted by atomic mass is 9.89. The fourth-order valence-electron chi connectivity index (χ4n) is 3.08. The molecule has 3 rings (SSSR count). The third-order valence-corrected chi connectivity index (χ3v) is 6.32. The smallest absolute Gasteiger partial charge is 0.202 e. The van der Waals surface area contributed by atoms with Gasteiger partial charge in [0.1, 0.15) is 0 Å². The third-order valence-electron chi connectivity index (χ3n) is 4.50. The van der Waals surface area contributed by atoms with Gasteiger partial charge in [0.05, 0.1) is 4.90 Å². The molecule has 0 saturated heterocycles. The van der Waals surface area contributed by atoms with Crippen LogP contribution in [0.3, 0.4) is 0 Å². The van der Waals surface area contributed by atoms with E-state index in [9.17, 15) is 8.42 Å². The van der Waals surface area contributed by atoms with Gasteiger partial charge in [-0.1, -0.05) is 85.4 Å². The Balaban J connectivity index is 1.87. The Bertz CT molecular complexity index is 947. The second-order valence-electron chi connectivity index (χ2n) is 6.36. The molecule has 0 radical (unpaired) electrons. The molecular formula is C23H22O2S. The van der Waals surface area contributed by atoms with Crippen molar-refractivity contribution in [2.75, 3.05) is 0 Å². The summed E-state index contributed by atoms with van der Waals surface area (Å²) in [7, 11) is -3.53. The first-order valence-corrected chi connectivity index (χ1v) is 10.1. The second-order valence-corrected chi connectivity index (χ2v) is 8.41. The van der Waals surface area contributed by atoms with E-state index in [-0.39, 0.29) is 10.8 Å². The van der Waals surface area contributed by atoms with Gasteiger partial charge in [-0.15, -0.1) is 0 Å².